The lowest BCUT2D eigenvalue weighted by Gasteiger charge is -2.36. The molecule has 1 unspecified atom stereocenters. The number of amides is 1. The Hall–Kier alpha value is -0.570. The molecule has 0 aromatic rings. The van der Waals surface area contributed by atoms with Gasteiger partial charge in [-0.3, -0.25) is 4.79 Å². The van der Waals surface area contributed by atoms with E-state index in [0.717, 1.165) is 25.7 Å². The first-order valence-electron chi connectivity index (χ1n) is 6.64. The predicted octanol–water partition coefficient (Wildman–Crippen LogP) is 2.48. The van der Waals surface area contributed by atoms with Crippen molar-refractivity contribution in [1.82, 2.24) is 5.32 Å². The summed E-state index contributed by atoms with van der Waals surface area (Å²) in [5.41, 5.74) is -0.284. The fraction of sp³-hybridized carbons (Fsp3) is 0.929. The lowest BCUT2D eigenvalue weighted by atomic mass is 9.75. The van der Waals surface area contributed by atoms with Crippen LogP contribution in [-0.4, -0.2) is 23.2 Å². The largest absolute Gasteiger partial charge is 0.392 e. The highest BCUT2D eigenvalue weighted by atomic mass is 16.3. The van der Waals surface area contributed by atoms with E-state index in [2.05, 4.69) is 19.2 Å². The zero-order chi connectivity index (χ0) is 13.3. The molecule has 17 heavy (non-hydrogen) atoms. The van der Waals surface area contributed by atoms with Gasteiger partial charge in [-0.15, -0.1) is 0 Å². The monoisotopic (exact) mass is 241 g/mol. The van der Waals surface area contributed by atoms with Crippen molar-refractivity contribution in [3.8, 4) is 0 Å². The van der Waals surface area contributed by atoms with Crippen LogP contribution in [0.15, 0.2) is 0 Å². The summed E-state index contributed by atoms with van der Waals surface area (Å²) in [4.78, 5) is 12.1. The highest BCUT2D eigenvalue weighted by molar-refractivity contribution is 5.82. The maximum Gasteiger partial charge on any atom is 0.228 e. The average molecular weight is 241 g/mol. The molecule has 1 aliphatic rings. The molecule has 1 amide bonds. The number of carbonyl (C=O) groups is 1. The van der Waals surface area contributed by atoms with Gasteiger partial charge in [0.05, 0.1) is 11.5 Å². The molecular weight excluding hydrogens is 214 g/mol. The van der Waals surface area contributed by atoms with Gasteiger partial charge >= 0.3 is 0 Å². The molecule has 0 heterocycles. The maximum absolute atomic E-state index is 12.1. The van der Waals surface area contributed by atoms with Gasteiger partial charge in [-0.1, -0.05) is 13.8 Å². The molecule has 0 radical (unpaired) electrons. The number of nitrogens with one attached hydrogen (secondary N) is 1. The first-order chi connectivity index (χ1) is 7.65. The summed E-state index contributed by atoms with van der Waals surface area (Å²) in [6.07, 6.45) is 3.80. The number of aliphatic hydroxyl groups is 1. The van der Waals surface area contributed by atoms with Gasteiger partial charge in [0.1, 0.15) is 0 Å². The summed E-state index contributed by atoms with van der Waals surface area (Å²) >= 11 is 0. The molecule has 0 saturated heterocycles. The van der Waals surface area contributed by atoms with E-state index in [1.54, 1.807) is 20.8 Å². The quantitative estimate of drug-likeness (QED) is 0.797. The molecule has 0 aromatic carbocycles. The third-order valence-corrected chi connectivity index (χ3v) is 4.30. The molecule has 1 aliphatic carbocycles. The summed E-state index contributed by atoms with van der Waals surface area (Å²) < 4.78 is 0. The second-order valence-corrected chi connectivity index (χ2v) is 6.81. The van der Waals surface area contributed by atoms with Crippen molar-refractivity contribution in [3.05, 3.63) is 0 Å². The van der Waals surface area contributed by atoms with E-state index in [4.69, 9.17) is 0 Å². The van der Waals surface area contributed by atoms with Crippen LogP contribution in [-0.2, 0) is 4.79 Å². The van der Waals surface area contributed by atoms with Crippen molar-refractivity contribution < 1.29 is 9.90 Å². The molecule has 1 saturated carbocycles. The van der Waals surface area contributed by atoms with E-state index in [-0.39, 0.29) is 11.9 Å². The van der Waals surface area contributed by atoms with Gasteiger partial charge in [0, 0.05) is 6.04 Å². The Bertz CT molecular complexity index is 272. The van der Waals surface area contributed by atoms with Gasteiger partial charge in [0.25, 0.3) is 0 Å². The number of rotatable bonds is 3. The van der Waals surface area contributed by atoms with Gasteiger partial charge in [-0.25, -0.2) is 0 Å². The van der Waals surface area contributed by atoms with Crippen LogP contribution in [0.3, 0.4) is 0 Å². The standard InChI is InChI=1S/C14H27NO2/c1-10(16)14(4,5)12(17)15-11-6-8-13(2,3)9-7-11/h10-11,16H,6-9H2,1-5H3,(H,15,17). The zero-order valence-corrected chi connectivity index (χ0v) is 11.8. The fourth-order valence-corrected chi connectivity index (χ4v) is 2.10. The Labute approximate surface area is 105 Å². The minimum atomic E-state index is -0.701. The molecule has 1 fully saturated rings. The topological polar surface area (TPSA) is 49.3 Å². The molecule has 3 heteroatoms. The SMILES string of the molecule is CC(O)C(C)(C)C(=O)NC1CCC(C)(C)CC1. The van der Waals surface area contributed by atoms with Crippen molar-refractivity contribution >= 4 is 5.91 Å². The summed E-state index contributed by atoms with van der Waals surface area (Å²) in [6, 6.07) is 0.286. The van der Waals surface area contributed by atoms with Crippen LogP contribution in [0.2, 0.25) is 0 Å². The first-order valence-corrected chi connectivity index (χ1v) is 6.64. The van der Waals surface area contributed by atoms with Crippen LogP contribution in [0.4, 0.5) is 0 Å². The summed E-state index contributed by atoms with van der Waals surface area (Å²) in [7, 11) is 0. The van der Waals surface area contributed by atoms with E-state index >= 15 is 0 Å². The summed E-state index contributed by atoms with van der Waals surface area (Å²) in [6.45, 7) is 9.82. The highest BCUT2D eigenvalue weighted by Crippen LogP contribution is 2.35. The minimum absolute atomic E-state index is 0.0304. The Morgan fingerprint density at radius 3 is 2.24 bits per heavy atom. The molecule has 0 spiro atoms. The second kappa shape index (κ2) is 4.97. The smallest absolute Gasteiger partial charge is 0.228 e. The molecule has 0 aliphatic heterocycles. The second-order valence-electron chi connectivity index (χ2n) is 6.81. The lowest BCUT2D eigenvalue weighted by Crippen LogP contribution is -2.48. The van der Waals surface area contributed by atoms with Crippen molar-refractivity contribution in [2.24, 2.45) is 10.8 Å². The van der Waals surface area contributed by atoms with Crippen LogP contribution >= 0.6 is 0 Å². The van der Waals surface area contributed by atoms with Crippen molar-refractivity contribution in [3.63, 3.8) is 0 Å². The maximum atomic E-state index is 12.1. The molecular formula is C14H27NO2. The number of carbonyl (C=O) groups excluding carboxylic acids is 1. The molecule has 1 rings (SSSR count). The molecule has 100 valence electrons. The zero-order valence-electron chi connectivity index (χ0n) is 11.8. The fourth-order valence-electron chi connectivity index (χ4n) is 2.10. The van der Waals surface area contributed by atoms with Crippen molar-refractivity contribution in [1.29, 1.82) is 0 Å². The number of hydrogen-bond acceptors (Lipinski definition) is 2. The van der Waals surface area contributed by atoms with E-state index < -0.39 is 11.5 Å². The Morgan fingerprint density at radius 2 is 1.82 bits per heavy atom. The van der Waals surface area contributed by atoms with Crippen LogP contribution in [0.1, 0.15) is 60.3 Å². The molecule has 2 N–H and O–H groups in total. The van der Waals surface area contributed by atoms with E-state index in [9.17, 15) is 9.90 Å². The van der Waals surface area contributed by atoms with E-state index in [1.165, 1.54) is 0 Å². The van der Waals surface area contributed by atoms with Gasteiger partial charge in [-0.05, 0) is 51.9 Å². The van der Waals surface area contributed by atoms with Gasteiger partial charge in [0.15, 0.2) is 0 Å². The Balaban J connectivity index is 2.49. The number of hydrogen-bond donors (Lipinski definition) is 2. The molecule has 1 atom stereocenters. The molecule has 0 aromatic heterocycles. The predicted molar refractivity (Wildman–Crippen MR) is 69.6 cm³/mol. The Kier molecular flexibility index (Phi) is 4.23. The van der Waals surface area contributed by atoms with E-state index in [1.807, 2.05) is 0 Å². The van der Waals surface area contributed by atoms with Crippen LogP contribution in [0.5, 0.6) is 0 Å². The highest BCUT2D eigenvalue weighted by Gasteiger charge is 2.35. The van der Waals surface area contributed by atoms with Crippen molar-refractivity contribution in [2.75, 3.05) is 0 Å². The van der Waals surface area contributed by atoms with Crippen LogP contribution < -0.4 is 5.32 Å². The normalized spacial score (nSPS) is 23.2. The van der Waals surface area contributed by atoms with Gasteiger partial charge in [0.2, 0.25) is 5.91 Å². The molecule has 3 nitrogen and oxygen atoms in total. The number of aliphatic hydroxyl groups excluding tert-OH is 1. The van der Waals surface area contributed by atoms with Crippen LogP contribution in [0, 0.1) is 10.8 Å². The molecule has 0 bridgehead atoms. The average Bonchev–Trinajstić information content (AvgIpc) is 2.20. The summed E-state index contributed by atoms with van der Waals surface area (Å²) in [5.74, 6) is -0.0304. The van der Waals surface area contributed by atoms with E-state index in [0.29, 0.717) is 5.41 Å². The lowest BCUT2D eigenvalue weighted by molar-refractivity contribution is -0.135. The summed E-state index contributed by atoms with van der Waals surface area (Å²) in [5, 5.41) is 12.7. The first kappa shape index (κ1) is 14.5. The van der Waals surface area contributed by atoms with Crippen LogP contribution in [0.25, 0.3) is 0 Å². The third kappa shape index (κ3) is 3.70. The minimum Gasteiger partial charge on any atom is -0.392 e. The van der Waals surface area contributed by atoms with Gasteiger partial charge < -0.3 is 10.4 Å². The Morgan fingerprint density at radius 1 is 1.35 bits per heavy atom. The van der Waals surface area contributed by atoms with Crippen molar-refractivity contribution in [2.45, 2.75) is 72.4 Å². The third-order valence-electron chi connectivity index (χ3n) is 4.30. The van der Waals surface area contributed by atoms with Gasteiger partial charge in [-0.2, -0.15) is 0 Å².